The zero-order valence-electron chi connectivity index (χ0n) is 9.37. The van der Waals surface area contributed by atoms with Crippen LogP contribution in [0.4, 0.5) is 0 Å². The molecule has 2 aromatic rings. The summed E-state index contributed by atoms with van der Waals surface area (Å²) in [5.41, 5.74) is 5.45. The lowest BCUT2D eigenvalue weighted by atomic mass is 9.94. The van der Waals surface area contributed by atoms with Gasteiger partial charge < -0.3 is 0 Å². The average molecular weight is 212 g/mol. The van der Waals surface area contributed by atoms with E-state index in [0.717, 1.165) is 6.42 Å². The Morgan fingerprint density at radius 2 is 1.88 bits per heavy atom. The summed E-state index contributed by atoms with van der Waals surface area (Å²) in [6, 6.07) is 10.6. The van der Waals surface area contributed by atoms with Crippen LogP contribution < -0.4 is 0 Å². The number of H-pyrrole nitrogens is 1. The minimum absolute atomic E-state index is 0.965. The summed E-state index contributed by atoms with van der Waals surface area (Å²) in [6.07, 6.45) is 5.96. The maximum absolute atomic E-state index is 4.47. The Balaban J connectivity index is 1.88. The van der Waals surface area contributed by atoms with Gasteiger partial charge in [0, 0.05) is 12.1 Å². The molecule has 1 aliphatic carbocycles. The summed E-state index contributed by atoms with van der Waals surface area (Å²) in [4.78, 5) is 0. The smallest absolute Gasteiger partial charge is 0.0700 e. The number of hydrogen-bond acceptors (Lipinski definition) is 1. The van der Waals surface area contributed by atoms with Crippen LogP contribution in [0, 0.1) is 0 Å². The molecule has 2 nitrogen and oxygen atoms in total. The van der Waals surface area contributed by atoms with E-state index in [1.165, 1.54) is 48.2 Å². The molecule has 0 spiro atoms. The van der Waals surface area contributed by atoms with Crippen molar-refractivity contribution in [3.8, 4) is 0 Å². The van der Waals surface area contributed by atoms with Crippen LogP contribution >= 0.6 is 0 Å². The van der Waals surface area contributed by atoms with Gasteiger partial charge >= 0.3 is 0 Å². The maximum Gasteiger partial charge on any atom is 0.0700 e. The molecule has 16 heavy (non-hydrogen) atoms. The molecule has 1 N–H and O–H groups in total. The van der Waals surface area contributed by atoms with Crippen molar-refractivity contribution in [3.63, 3.8) is 0 Å². The topological polar surface area (TPSA) is 28.7 Å². The molecular weight excluding hydrogens is 196 g/mol. The first-order chi connectivity index (χ1) is 7.93. The number of aryl methyl sites for hydroxylation is 1. The molecule has 1 aromatic carbocycles. The summed E-state index contributed by atoms with van der Waals surface area (Å²) in [7, 11) is 0. The summed E-state index contributed by atoms with van der Waals surface area (Å²) in [5.74, 6) is 0. The summed E-state index contributed by atoms with van der Waals surface area (Å²) < 4.78 is 0. The zero-order valence-corrected chi connectivity index (χ0v) is 9.37. The van der Waals surface area contributed by atoms with E-state index in [1.54, 1.807) is 0 Å². The lowest BCUT2D eigenvalue weighted by Crippen LogP contribution is -2.02. The molecule has 2 heteroatoms. The van der Waals surface area contributed by atoms with Crippen LogP contribution in [0.2, 0.25) is 0 Å². The molecule has 0 aliphatic heterocycles. The SMILES string of the molecule is c1ccc(Cc2n[nH]c3c2CCCC3)cc1. The number of hydrogen-bond donors (Lipinski definition) is 1. The second-order valence-electron chi connectivity index (χ2n) is 4.50. The van der Waals surface area contributed by atoms with Gasteiger partial charge in [-0.2, -0.15) is 5.10 Å². The second-order valence-corrected chi connectivity index (χ2v) is 4.50. The first-order valence-corrected chi connectivity index (χ1v) is 6.02. The van der Waals surface area contributed by atoms with E-state index in [-0.39, 0.29) is 0 Å². The van der Waals surface area contributed by atoms with Crippen LogP contribution in [-0.2, 0) is 19.3 Å². The van der Waals surface area contributed by atoms with Gasteiger partial charge in [0.2, 0.25) is 0 Å². The fraction of sp³-hybridized carbons (Fsp3) is 0.357. The van der Waals surface area contributed by atoms with Crippen LogP contribution in [0.1, 0.15) is 35.4 Å². The Labute approximate surface area is 95.7 Å². The van der Waals surface area contributed by atoms with Crippen molar-refractivity contribution in [2.45, 2.75) is 32.1 Å². The highest BCUT2D eigenvalue weighted by atomic mass is 15.1. The number of nitrogens with zero attached hydrogens (tertiary/aromatic N) is 1. The van der Waals surface area contributed by atoms with E-state index >= 15 is 0 Å². The first-order valence-electron chi connectivity index (χ1n) is 6.02. The molecule has 0 saturated heterocycles. The van der Waals surface area contributed by atoms with E-state index in [2.05, 4.69) is 40.5 Å². The van der Waals surface area contributed by atoms with Crippen molar-refractivity contribution in [3.05, 3.63) is 52.8 Å². The number of nitrogens with one attached hydrogen (secondary N) is 1. The highest BCUT2D eigenvalue weighted by Crippen LogP contribution is 2.23. The molecule has 1 heterocycles. The fourth-order valence-corrected chi connectivity index (χ4v) is 2.49. The molecule has 0 amide bonds. The minimum Gasteiger partial charge on any atom is -0.282 e. The standard InChI is InChI=1S/C14H16N2/c1-2-6-11(7-3-1)10-14-12-8-4-5-9-13(12)15-16-14/h1-3,6-7H,4-5,8-10H2,(H,15,16). The van der Waals surface area contributed by atoms with Crippen LogP contribution in [0.3, 0.4) is 0 Å². The van der Waals surface area contributed by atoms with Gasteiger partial charge in [0.25, 0.3) is 0 Å². The second kappa shape index (κ2) is 4.12. The summed E-state index contributed by atoms with van der Waals surface area (Å²) >= 11 is 0. The molecule has 3 rings (SSSR count). The van der Waals surface area contributed by atoms with Gasteiger partial charge in [0.05, 0.1) is 5.69 Å². The van der Waals surface area contributed by atoms with Crippen molar-refractivity contribution in [1.82, 2.24) is 10.2 Å². The highest BCUT2D eigenvalue weighted by Gasteiger charge is 2.16. The number of rotatable bonds is 2. The number of aromatic amines is 1. The summed E-state index contributed by atoms with van der Waals surface area (Å²) in [5, 5.41) is 7.66. The third-order valence-electron chi connectivity index (χ3n) is 3.36. The predicted molar refractivity (Wildman–Crippen MR) is 64.5 cm³/mol. The monoisotopic (exact) mass is 212 g/mol. The fourth-order valence-electron chi connectivity index (χ4n) is 2.49. The minimum atomic E-state index is 0.965. The van der Waals surface area contributed by atoms with Gasteiger partial charge in [-0.15, -0.1) is 0 Å². The van der Waals surface area contributed by atoms with E-state index in [9.17, 15) is 0 Å². The summed E-state index contributed by atoms with van der Waals surface area (Å²) in [6.45, 7) is 0. The lowest BCUT2D eigenvalue weighted by Gasteiger charge is -2.11. The van der Waals surface area contributed by atoms with E-state index in [0.29, 0.717) is 0 Å². The average Bonchev–Trinajstić information content (AvgIpc) is 2.74. The molecule has 0 unspecified atom stereocenters. The predicted octanol–water partition coefficient (Wildman–Crippen LogP) is 2.88. The molecule has 0 fully saturated rings. The van der Waals surface area contributed by atoms with Gasteiger partial charge in [-0.3, -0.25) is 5.10 Å². The molecule has 0 bridgehead atoms. The normalized spacial score (nSPS) is 14.8. The molecule has 0 radical (unpaired) electrons. The van der Waals surface area contributed by atoms with Gasteiger partial charge in [-0.05, 0) is 36.8 Å². The molecule has 82 valence electrons. The van der Waals surface area contributed by atoms with Gasteiger partial charge in [0.15, 0.2) is 0 Å². The van der Waals surface area contributed by atoms with E-state index in [4.69, 9.17) is 0 Å². The van der Waals surface area contributed by atoms with Crippen molar-refractivity contribution >= 4 is 0 Å². The number of benzene rings is 1. The van der Waals surface area contributed by atoms with Crippen molar-refractivity contribution < 1.29 is 0 Å². The van der Waals surface area contributed by atoms with Crippen LogP contribution in [0.5, 0.6) is 0 Å². The van der Waals surface area contributed by atoms with E-state index < -0.39 is 0 Å². The molecule has 0 atom stereocenters. The maximum atomic E-state index is 4.47. The molecular formula is C14H16N2. The Bertz CT molecular complexity index is 471. The molecule has 0 saturated carbocycles. The number of fused-ring (bicyclic) bond motifs is 1. The van der Waals surface area contributed by atoms with Gasteiger partial charge in [-0.1, -0.05) is 30.3 Å². The van der Waals surface area contributed by atoms with E-state index in [1.807, 2.05) is 0 Å². The third-order valence-corrected chi connectivity index (χ3v) is 3.36. The Morgan fingerprint density at radius 1 is 1.06 bits per heavy atom. The Hall–Kier alpha value is -1.57. The van der Waals surface area contributed by atoms with Crippen molar-refractivity contribution in [2.24, 2.45) is 0 Å². The highest BCUT2D eigenvalue weighted by molar-refractivity contribution is 5.32. The van der Waals surface area contributed by atoms with Crippen LogP contribution in [0.25, 0.3) is 0 Å². The quantitative estimate of drug-likeness (QED) is 0.814. The largest absolute Gasteiger partial charge is 0.282 e. The van der Waals surface area contributed by atoms with Gasteiger partial charge in [0.1, 0.15) is 0 Å². The lowest BCUT2D eigenvalue weighted by molar-refractivity contribution is 0.673. The third kappa shape index (κ3) is 1.75. The molecule has 1 aromatic heterocycles. The Morgan fingerprint density at radius 3 is 2.75 bits per heavy atom. The Kier molecular flexibility index (Phi) is 2.49. The zero-order chi connectivity index (χ0) is 10.8. The van der Waals surface area contributed by atoms with Crippen LogP contribution in [0.15, 0.2) is 30.3 Å². The van der Waals surface area contributed by atoms with Gasteiger partial charge in [-0.25, -0.2) is 0 Å². The number of aromatic nitrogens is 2. The van der Waals surface area contributed by atoms with Crippen LogP contribution in [-0.4, -0.2) is 10.2 Å². The first kappa shape index (κ1) is 9.64. The molecule has 1 aliphatic rings. The van der Waals surface area contributed by atoms with Crippen molar-refractivity contribution in [2.75, 3.05) is 0 Å². The van der Waals surface area contributed by atoms with Crippen molar-refractivity contribution in [1.29, 1.82) is 0 Å².